The Labute approximate surface area is 137 Å². The van der Waals surface area contributed by atoms with Crippen molar-refractivity contribution in [3.63, 3.8) is 0 Å². The number of rotatable bonds is 4. The summed E-state index contributed by atoms with van der Waals surface area (Å²) in [6.07, 6.45) is 2.04. The number of carbonyl (C=O) groups excluding carboxylic acids is 1. The lowest BCUT2D eigenvalue weighted by atomic mass is 10.1. The molecule has 0 atom stereocenters. The predicted molar refractivity (Wildman–Crippen MR) is 90.1 cm³/mol. The van der Waals surface area contributed by atoms with Crippen molar-refractivity contribution < 1.29 is 4.79 Å². The molecule has 3 rings (SSSR count). The fourth-order valence-electron chi connectivity index (χ4n) is 2.29. The lowest BCUT2D eigenvalue weighted by Gasteiger charge is -2.09. The molecule has 116 valence electrons. The zero-order chi connectivity index (χ0) is 16.2. The van der Waals surface area contributed by atoms with Crippen molar-refractivity contribution in [2.45, 2.75) is 12.8 Å². The molecular formula is C17H14ClN3O2. The normalized spacial score (nSPS) is 10.7. The molecule has 23 heavy (non-hydrogen) atoms. The first kappa shape index (κ1) is 15.2. The fourth-order valence-corrected chi connectivity index (χ4v) is 2.52. The maximum Gasteiger partial charge on any atom is 0.280 e. The summed E-state index contributed by atoms with van der Waals surface area (Å²) in [5.41, 5.74) is 3.74. The summed E-state index contributed by atoms with van der Waals surface area (Å²) in [6.45, 7) is 0. The van der Waals surface area contributed by atoms with Crippen LogP contribution in [0.1, 0.15) is 12.0 Å². The summed E-state index contributed by atoms with van der Waals surface area (Å²) >= 11 is 6.06. The van der Waals surface area contributed by atoms with E-state index in [9.17, 15) is 9.59 Å². The summed E-state index contributed by atoms with van der Waals surface area (Å²) in [4.78, 5) is 28.5. The Morgan fingerprint density at radius 1 is 1.13 bits per heavy atom. The number of halogens is 1. The highest BCUT2D eigenvalue weighted by atomic mass is 35.5. The Morgan fingerprint density at radius 2 is 1.87 bits per heavy atom. The molecule has 0 unspecified atom stereocenters. The first-order valence-electron chi connectivity index (χ1n) is 7.15. The van der Waals surface area contributed by atoms with Gasteiger partial charge in [-0.1, -0.05) is 41.9 Å². The van der Waals surface area contributed by atoms with Gasteiger partial charge in [0.25, 0.3) is 5.56 Å². The summed E-state index contributed by atoms with van der Waals surface area (Å²) in [5.74, 6) is -0.274. The Balaban J connectivity index is 1.72. The van der Waals surface area contributed by atoms with Crippen LogP contribution < -0.4 is 11.0 Å². The number of carbonyl (C=O) groups is 1. The molecule has 1 amide bonds. The molecular weight excluding hydrogens is 314 g/mol. The van der Waals surface area contributed by atoms with Crippen LogP contribution in [0, 0.1) is 0 Å². The van der Waals surface area contributed by atoms with Gasteiger partial charge in [-0.3, -0.25) is 15.0 Å². The van der Waals surface area contributed by atoms with Crippen molar-refractivity contribution in [3.8, 4) is 0 Å². The largest absolute Gasteiger partial charge is 0.280 e. The first-order valence-corrected chi connectivity index (χ1v) is 7.52. The quantitative estimate of drug-likeness (QED) is 0.801. The SMILES string of the molecule is O=C(CCc1ccccc1Cl)Nn1cnc2ccccc2c1=O. The van der Waals surface area contributed by atoms with Crippen LogP contribution in [0.2, 0.25) is 5.02 Å². The van der Waals surface area contributed by atoms with Gasteiger partial charge in [-0.25, -0.2) is 9.66 Å². The number of aryl methyl sites for hydroxylation is 1. The van der Waals surface area contributed by atoms with Gasteiger partial charge >= 0.3 is 0 Å². The highest BCUT2D eigenvalue weighted by molar-refractivity contribution is 6.31. The van der Waals surface area contributed by atoms with Gasteiger partial charge in [0.2, 0.25) is 5.91 Å². The molecule has 1 heterocycles. The number of nitrogens with zero attached hydrogens (tertiary/aromatic N) is 2. The fraction of sp³-hybridized carbons (Fsp3) is 0.118. The van der Waals surface area contributed by atoms with E-state index in [0.29, 0.717) is 22.3 Å². The number of hydrogen-bond acceptors (Lipinski definition) is 3. The molecule has 0 aliphatic carbocycles. The van der Waals surface area contributed by atoms with E-state index >= 15 is 0 Å². The molecule has 6 heteroatoms. The molecule has 0 aliphatic heterocycles. The number of benzene rings is 2. The second kappa shape index (κ2) is 6.62. The third-order valence-electron chi connectivity index (χ3n) is 3.49. The molecule has 2 aromatic carbocycles. The number of aromatic nitrogens is 2. The van der Waals surface area contributed by atoms with Gasteiger partial charge < -0.3 is 0 Å². The van der Waals surface area contributed by atoms with E-state index in [0.717, 1.165) is 10.2 Å². The van der Waals surface area contributed by atoms with Crippen LogP contribution in [0.3, 0.4) is 0 Å². The van der Waals surface area contributed by atoms with Crippen molar-refractivity contribution >= 4 is 28.4 Å². The monoisotopic (exact) mass is 327 g/mol. The van der Waals surface area contributed by atoms with Gasteiger partial charge in [0.1, 0.15) is 6.33 Å². The molecule has 0 saturated heterocycles. The lowest BCUT2D eigenvalue weighted by molar-refractivity contribution is -0.117. The lowest BCUT2D eigenvalue weighted by Crippen LogP contribution is -2.33. The van der Waals surface area contributed by atoms with Crippen LogP contribution in [0.15, 0.2) is 59.7 Å². The molecule has 0 bridgehead atoms. The molecule has 0 spiro atoms. The standard InChI is InChI=1S/C17H14ClN3O2/c18-14-7-3-1-5-12(14)9-10-16(22)20-21-11-19-15-8-4-2-6-13(15)17(21)23/h1-8,11H,9-10H2,(H,20,22). The van der Waals surface area contributed by atoms with Crippen molar-refractivity contribution in [1.29, 1.82) is 0 Å². The zero-order valence-corrected chi connectivity index (χ0v) is 13.0. The maximum absolute atomic E-state index is 12.3. The number of hydrogen-bond donors (Lipinski definition) is 1. The van der Waals surface area contributed by atoms with E-state index in [-0.39, 0.29) is 17.9 Å². The van der Waals surface area contributed by atoms with Gasteiger partial charge in [-0.15, -0.1) is 0 Å². The van der Waals surface area contributed by atoms with Gasteiger partial charge in [-0.2, -0.15) is 0 Å². The molecule has 0 aliphatic rings. The molecule has 1 N–H and O–H groups in total. The minimum Gasteiger partial charge on any atom is -0.273 e. The van der Waals surface area contributed by atoms with Crippen molar-refractivity contribution in [1.82, 2.24) is 9.66 Å². The number of para-hydroxylation sites is 1. The van der Waals surface area contributed by atoms with Crippen LogP contribution in [-0.4, -0.2) is 15.6 Å². The van der Waals surface area contributed by atoms with E-state index in [4.69, 9.17) is 11.6 Å². The van der Waals surface area contributed by atoms with E-state index in [1.165, 1.54) is 6.33 Å². The second-order valence-corrected chi connectivity index (χ2v) is 5.47. The molecule has 1 aromatic heterocycles. The Bertz CT molecular complexity index is 921. The van der Waals surface area contributed by atoms with Crippen LogP contribution in [0.25, 0.3) is 10.9 Å². The topological polar surface area (TPSA) is 64.0 Å². The van der Waals surface area contributed by atoms with E-state index in [1.54, 1.807) is 30.3 Å². The smallest absolute Gasteiger partial charge is 0.273 e. The van der Waals surface area contributed by atoms with Crippen LogP contribution in [0.4, 0.5) is 0 Å². The third kappa shape index (κ3) is 3.40. The van der Waals surface area contributed by atoms with Gasteiger partial charge in [-0.05, 0) is 30.2 Å². The third-order valence-corrected chi connectivity index (χ3v) is 3.86. The number of nitrogens with one attached hydrogen (secondary N) is 1. The molecule has 0 fully saturated rings. The summed E-state index contributed by atoms with van der Waals surface area (Å²) in [5, 5.41) is 1.09. The van der Waals surface area contributed by atoms with Crippen LogP contribution >= 0.6 is 11.6 Å². The van der Waals surface area contributed by atoms with Gasteiger partial charge in [0, 0.05) is 11.4 Å². The highest BCUT2D eigenvalue weighted by Crippen LogP contribution is 2.16. The predicted octanol–water partition coefficient (Wildman–Crippen LogP) is 2.75. The highest BCUT2D eigenvalue weighted by Gasteiger charge is 2.08. The first-order chi connectivity index (χ1) is 11.1. The number of fused-ring (bicyclic) bond motifs is 1. The molecule has 0 radical (unpaired) electrons. The Morgan fingerprint density at radius 3 is 2.70 bits per heavy atom. The van der Waals surface area contributed by atoms with Crippen molar-refractivity contribution in [3.05, 3.63) is 75.8 Å². The Hall–Kier alpha value is -2.66. The summed E-state index contributed by atoms with van der Waals surface area (Å²) in [6, 6.07) is 14.4. The van der Waals surface area contributed by atoms with E-state index < -0.39 is 0 Å². The molecule has 0 saturated carbocycles. The average molecular weight is 328 g/mol. The number of amides is 1. The summed E-state index contributed by atoms with van der Waals surface area (Å²) in [7, 11) is 0. The Kier molecular flexibility index (Phi) is 4.39. The summed E-state index contributed by atoms with van der Waals surface area (Å²) < 4.78 is 1.11. The minimum atomic E-state index is -0.304. The molecule has 5 nitrogen and oxygen atoms in total. The van der Waals surface area contributed by atoms with E-state index in [1.807, 2.05) is 18.2 Å². The minimum absolute atomic E-state index is 0.225. The second-order valence-electron chi connectivity index (χ2n) is 5.06. The maximum atomic E-state index is 12.3. The van der Waals surface area contributed by atoms with Gasteiger partial charge in [0.05, 0.1) is 10.9 Å². The molecule has 3 aromatic rings. The van der Waals surface area contributed by atoms with Crippen molar-refractivity contribution in [2.75, 3.05) is 5.43 Å². The van der Waals surface area contributed by atoms with Gasteiger partial charge in [0.15, 0.2) is 0 Å². The van der Waals surface area contributed by atoms with Crippen molar-refractivity contribution in [2.24, 2.45) is 0 Å². The average Bonchev–Trinajstić information content (AvgIpc) is 2.57. The zero-order valence-electron chi connectivity index (χ0n) is 12.2. The van der Waals surface area contributed by atoms with Crippen LogP contribution in [0.5, 0.6) is 0 Å². The van der Waals surface area contributed by atoms with Crippen LogP contribution in [-0.2, 0) is 11.2 Å². The van der Waals surface area contributed by atoms with E-state index in [2.05, 4.69) is 10.4 Å².